The van der Waals surface area contributed by atoms with Gasteiger partial charge < -0.3 is 10.6 Å². The van der Waals surface area contributed by atoms with Gasteiger partial charge in [-0.05, 0) is 56.7 Å². The second-order valence-electron chi connectivity index (χ2n) is 5.16. The molecule has 0 spiro atoms. The number of pyridine rings is 1. The van der Waals surface area contributed by atoms with Crippen molar-refractivity contribution in [3.05, 3.63) is 58.9 Å². The van der Waals surface area contributed by atoms with Gasteiger partial charge in [-0.2, -0.15) is 0 Å². The Balaban J connectivity index is 2.20. The zero-order valence-electron chi connectivity index (χ0n) is 12.8. The molecule has 1 aromatic carbocycles. The average molecular weight is 283 g/mol. The van der Waals surface area contributed by atoms with E-state index in [2.05, 4.69) is 4.98 Å². The molecular weight excluding hydrogens is 262 g/mol. The summed E-state index contributed by atoms with van der Waals surface area (Å²) in [5.41, 5.74) is 9.95. The number of benzene rings is 1. The summed E-state index contributed by atoms with van der Waals surface area (Å²) in [4.78, 5) is 18.8. The molecule has 1 amide bonds. The van der Waals surface area contributed by atoms with E-state index in [-0.39, 0.29) is 5.91 Å². The number of nitrogens with two attached hydrogens (primary N) is 1. The van der Waals surface area contributed by atoms with Crippen molar-refractivity contribution in [2.45, 2.75) is 27.3 Å². The first-order valence-corrected chi connectivity index (χ1v) is 7.09. The van der Waals surface area contributed by atoms with Crippen molar-refractivity contribution in [3.63, 3.8) is 0 Å². The van der Waals surface area contributed by atoms with E-state index in [4.69, 9.17) is 5.73 Å². The molecule has 0 aliphatic carbocycles. The summed E-state index contributed by atoms with van der Waals surface area (Å²) < 4.78 is 0. The normalized spacial score (nSPS) is 10.4. The lowest BCUT2D eigenvalue weighted by Crippen LogP contribution is -2.30. The number of hydrogen-bond acceptors (Lipinski definition) is 3. The topological polar surface area (TPSA) is 59.2 Å². The summed E-state index contributed by atoms with van der Waals surface area (Å²) in [6, 6.07) is 11.2. The number of anilines is 1. The summed E-state index contributed by atoms with van der Waals surface area (Å²) in [5.74, 6) is 0.00362. The zero-order chi connectivity index (χ0) is 15.4. The van der Waals surface area contributed by atoms with Gasteiger partial charge in [0, 0.05) is 23.5 Å². The number of rotatable bonds is 4. The summed E-state index contributed by atoms with van der Waals surface area (Å²) in [7, 11) is 0. The maximum absolute atomic E-state index is 12.6. The van der Waals surface area contributed by atoms with Gasteiger partial charge in [-0.25, -0.2) is 0 Å². The summed E-state index contributed by atoms with van der Waals surface area (Å²) in [6.07, 6.45) is 0. The highest BCUT2D eigenvalue weighted by Gasteiger charge is 2.15. The fraction of sp³-hybridized carbons (Fsp3) is 0.294. The Morgan fingerprint density at radius 3 is 2.62 bits per heavy atom. The molecule has 0 saturated carbocycles. The lowest BCUT2D eigenvalue weighted by Gasteiger charge is -2.21. The van der Waals surface area contributed by atoms with Crippen LogP contribution in [0.25, 0.3) is 0 Å². The first kappa shape index (κ1) is 15.0. The van der Waals surface area contributed by atoms with Gasteiger partial charge in [0.05, 0.1) is 12.2 Å². The number of nitrogens with zero attached hydrogens (tertiary/aromatic N) is 2. The maximum Gasteiger partial charge on any atom is 0.254 e. The van der Waals surface area contributed by atoms with Crippen LogP contribution in [0.2, 0.25) is 0 Å². The molecule has 2 aromatic rings. The Kier molecular flexibility index (Phi) is 4.58. The molecule has 0 aliphatic heterocycles. The fourth-order valence-electron chi connectivity index (χ4n) is 2.20. The molecule has 2 N–H and O–H groups in total. The van der Waals surface area contributed by atoms with E-state index < -0.39 is 0 Å². The monoisotopic (exact) mass is 283 g/mol. The average Bonchev–Trinajstić information content (AvgIpc) is 2.47. The van der Waals surface area contributed by atoms with E-state index in [1.165, 1.54) is 0 Å². The van der Waals surface area contributed by atoms with E-state index in [9.17, 15) is 4.79 Å². The van der Waals surface area contributed by atoms with Crippen LogP contribution in [0, 0.1) is 13.8 Å². The molecule has 110 valence electrons. The lowest BCUT2D eigenvalue weighted by molar-refractivity contribution is 0.0750. The Hall–Kier alpha value is -2.36. The number of aryl methyl sites for hydroxylation is 2. The van der Waals surface area contributed by atoms with Crippen LogP contribution in [0.3, 0.4) is 0 Å². The Bertz CT molecular complexity index is 652. The van der Waals surface area contributed by atoms with Gasteiger partial charge in [-0.3, -0.25) is 9.78 Å². The predicted octanol–water partition coefficient (Wildman–Crippen LogP) is 2.94. The van der Waals surface area contributed by atoms with Crippen molar-refractivity contribution in [2.75, 3.05) is 12.3 Å². The first-order valence-electron chi connectivity index (χ1n) is 7.09. The molecule has 0 saturated heterocycles. The number of hydrogen-bond donors (Lipinski definition) is 1. The van der Waals surface area contributed by atoms with Gasteiger partial charge in [0.25, 0.3) is 5.91 Å². The number of amides is 1. The molecule has 0 radical (unpaired) electrons. The third kappa shape index (κ3) is 3.60. The van der Waals surface area contributed by atoms with Crippen molar-refractivity contribution in [1.82, 2.24) is 9.88 Å². The van der Waals surface area contributed by atoms with Gasteiger partial charge in [0.15, 0.2) is 0 Å². The van der Waals surface area contributed by atoms with Crippen molar-refractivity contribution in [2.24, 2.45) is 0 Å². The summed E-state index contributed by atoms with van der Waals surface area (Å²) in [6.45, 7) is 6.98. The Morgan fingerprint density at radius 1 is 1.24 bits per heavy atom. The highest BCUT2D eigenvalue weighted by molar-refractivity contribution is 5.94. The zero-order valence-corrected chi connectivity index (χ0v) is 12.8. The van der Waals surface area contributed by atoms with Crippen LogP contribution in [-0.2, 0) is 6.54 Å². The molecular formula is C17H21N3O. The van der Waals surface area contributed by atoms with Crippen molar-refractivity contribution in [3.8, 4) is 0 Å². The molecule has 21 heavy (non-hydrogen) atoms. The van der Waals surface area contributed by atoms with E-state index in [1.54, 1.807) is 17.0 Å². The molecule has 1 heterocycles. The maximum atomic E-state index is 12.6. The lowest BCUT2D eigenvalue weighted by atomic mass is 10.1. The smallest absolute Gasteiger partial charge is 0.254 e. The minimum atomic E-state index is 0.00362. The standard InChI is InChI=1S/C17H21N3O/c1-4-20(11-15-7-5-6-13(3)19-15)17(21)14-8-9-16(18)12(2)10-14/h5-10H,4,11,18H2,1-3H3. The van der Waals surface area contributed by atoms with Crippen molar-refractivity contribution in [1.29, 1.82) is 0 Å². The minimum absolute atomic E-state index is 0.00362. The molecule has 0 unspecified atom stereocenters. The predicted molar refractivity (Wildman–Crippen MR) is 85.0 cm³/mol. The van der Waals surface area contributed by atoms with Crippen LogP contribution in [0.5, 0.6) is 0 Å². The largest absolute Gasteiger partial charge is 0.399 e. The van der Waals surface area contributed by atoms with E-state index in [0.717, 1.165) is 17.0 Å². The van der Waals surface area contributed by atoms with Crippen LogP contribution >= 0.6 is 0 Å². The SMILES string of the molecule is CCN(Cc1cccc(C)n1)C(=O)c1ccc(N)c(C)c1. The van der Waals surface area contributed by atoms with Gasteiger partial charge >= 0.3 is 0 Å². The fourth-order valence-corrected chi connectivity index (χ4v) is 2.20. The molecule has 0 bridgehead atoms. The minimum Gasteiger partial charge on any atom is -0.399 e. The van der Waals surface area contributed by atoms with Crippen LogP contribution in [0.1, 0.15) is 34.2 Å². The van der Waals surface area contributed by atoms with E-state index >= 15 is 0 Å². The van der Waals surface area contributed by atoms with E-state index in [0.29, 0.717) is 24.3 Å². The van der Waals surface area contributed by atoms with Crippen LogP contribution in [0.15, 0.2) is 36.4 Å². The summed E-state index contributed by atoms with van der Waals surface area (Å²) in [5, 5.41) is 0. The molecule has 2 rings (SSSR count). The van der Waals surface area contributed by atoms with Crippen molar-refractivity contribution < 1.29 is 4.79 Å². The number of aromatic nitrogens is 1. The van der Waals surface area contributed by atoms with Crippen LogP contribution in [0.4, 0.5) is 5.69 Å². The highest BCUT2D eigenvalue weighted by atomic mass is 16.2. The quantitative estimate of drug-likeness (QED) is 0.878. The highest BCUT2D eigenvalue weighted by Crippen LogP contribution is 2.15. The van der Waals surface area contributed by atoms with E-state index in [1.807, 2.05) is 45.0 Å². The number of carbonyl (C=O) groups is 1. The molecule has 4 nitrogen and oxygen atoms in total. The number of nitrogen functional groups attached to an aromatic ring is 1. The molecule has 0 atom stereocenters. The number of carbonyl (C=O) groups excluding carboxylic acids is 1. The third-order valence-electron chi connectivity index (χ3n) is 3.48. The Labute approximate surface area is 125 Å². The van der Waals surface area contributed by atoms with Crippen molar-refractivity contribution >= 4 is 11.6 Å². The van der Waals surface area contributed by atoms with Crippen LogP contribution in [-0.4, -0.2) is 22.3 Å². The second kappa shape index (κ2) is 6.39. The van der Waals surface area contributed by atoms with Gasteiger partial charge in [-0.1, -0.05) is 6.07 Å². The van der Waals surface area contributed by atoms with Gasteiger partial charge in [0.2, 0.25) is 0 Å². The van der Waals surface area contributed by atoms with Gasteiger partial charge in [0.1, 0.15) is 0 Å². The summed E-state index contributed by atoms with van der Waals surface area (Å²) >= 11 is 0. The third-order valence-corrected chi connectivity index (χ3v) is 3.48. The molecule has 1 aromatic heterocycles. The second-order valence-corrected chi connectivity index (χ2v) is 5.16. The first-order chi connectivity index (χ1) is 10.0. The molecule has 0 fully saturated rings. The van der Waals surface area contributed by atoms with Crippen LogP contribution < -0.4 is 5.73 Å². The Morgan fingerprint density at radius 2 is 2.00 bits per heavy atom. The van der Waals surface area contributed by atoms with Gasteiger partial charge in [-0.15, -0.1) is 0 Å². The molecule has 4 heteroatoms. The molecule has 0 aliphatic rings.